The molecule has 0 atom stereocenters. The summed E-state index contributed by atoms with van der Waals surface area (Å²) in [5.74, 6) is 1.01. The zero-order chi connectivity index (χ0) is 15.8. The van der Waals surface area contributed by atoms with Crippen molar-refractivity contribution in [3.05, 3.63) is 71.2 Å². The van der Waals surface area contributed by atoms with E-state index in [1.54, 1.807) is 11.3 Å². The van der Waals surface area contributed by atoms with Crippen LogP contribution in [0.2, 0.25) is 0 Å². The van der Waals surface area contributed by atoms with Crippen LogP contribution in [0.3, 0.4) is 0 Å². The molecular weight excluding hydrogens is 338 g/mol. The van der Waals surface area contributed by atoms with Crippen molar-refractivity contribution in [2.45, 2.75) is 13.8 Å². The van der Waals surface area contributed by atoms with E-state index in [0.717, 1.165) is 22.8 Å². The third-order valence-corrected chi connectivity index (χ3v) is 4.80. The van der Waals surface area contributed by atoms with Crippen molar-refractivity contribution in [1.82, 2.24) is 9.38 Å². The first-order chi connectivity index (χ1) is 11.2. The fraction of sp³-hybridized carbons (Fsp3) is 0.105. The second-order valence-electron chi connectivity index (χ2n) is 5.66. The van der Waals surface area contributed by atoms with Gasteiger partial charge in [0.15, 0.2) is 0 Å². The fourth-order valence-electron chi connectivity index (χ4n) is 2.70. The molecule has 0 radical (unpaired) electrons. The lowest BCUT2D eigenvalue weighted by atomic mass is 10.2. The van der Waals surface area contributed by atoms with Gasteiger partial charge in [-0.3, -0.25) is 4.40 Å². The number of hydrogen-bond acceptors (Lipinski definition) is 3. The molecule has 0 amide bonds. The van der Waals surface area contributed by atoms with Crippen molar-refractivity contribution in [2.24, 2.45) is 0 Å². The van der Waals surface area contributed by atoms with E-state index >= 15 is 0 Å². The predicted octanol–water partition coefficient (Wildman–Crippen LogP) is 5.85. The van der Waals surface area contributed by atoms with Gasteiger partial charge in [-0.15, -0.1) is 23.7 Å². The van der Waals surface area contributed by atoms with Gasteiger partial charge in [-0.05, 0) is 48.6 Å². The zero-order valence-electron chi connectivity index (χ0n) is 13.5. The molecular formula is C19H18ClN3S. The van der Waals surface area contributed by atoms with Crippen LogP contribution in [0.1, 0.15) is 11.1 Å². The number of nitrogens with one attached hydrogen (secondary N) is 1. The quantitative estimate of drug-likeness (QED) is 0.499. The fourth-order valence-corrected chi connectivity index (χ4v) is 3.41. The van der Waals surface area contributed by atoms with Crippen LogP contribution in [0.15, 0.2) is 60.1 Å². The Morgan fingerprint density at radius 3 is 2.58 bits per heavy atom. The third-order valence-electron chi connectivity index (χ3n) is 3.92. The maximum atomic E-state index is 4.83. The lowest BCUT2D eigenvalue weighted by Gasteiger charge is -2.11. The molecule has 3 nitrogen and oxygen atoms in total. The van der Waals surface area contributed by atoms with E-state index in [9.17, 15) is 0 Å². The summed E-state index contributed by atoms with van der Waals surface area (Å²) in [6.45, 7) is 4.21. The zero-order valence-corrected chi connectivity index (χ0v) is 15.1. The standard InChI is InChI=1S/C19H17N3S.ClH/c1-13-9-10-17-21-18(16-8-5-11-23-16)19(22(17)12-13)20-15-7-4-3-6-14(15)2;/h3-12,20H,1-2H3;1H. The van der Waals surface area contributed by atoms with Crippen LogP contribution in [0.5, 0.6) is 0 Å². The van der Waals surface area contributed by atoms with Gasteiger partial charge in [-0.1, -0.05) is 30.3 Å². The van der Waals surface area contributed by atoms with Gasteiger partial charge in [0.05, 0.1) is 4.88 Å². The minimum absolute atomic E-state index is 0. The van der Waals surface area contributed by atoms with Crippen molar-refractivity contribution in [3.63, 3.8) is 0 Å². The summed E-state index contributed by atoms with van der Waals surface area (Å²) >= 11 is 1.71. The molecule has 0 saturated heterocycles. The number of aromatic nitrogens is 2. The number of para-hydroxylation sites is 1. The highest BCUT2D eigenvalue weighted by Crippen LogP contribution is 2.34. The number of nitrogens with zero attached hydrogens (tertiary/aromatic N) is 2. The topological polar surface area (TPSA) is 29.3 Å². The average molecular weight is 356 g/mol. The van der Waals surface area contributed by atoms with Gasteiger partial charge in [-0.2, -0.15) is 0 Å². The molecule has 122 valence electrons. The molecule has 3 heterocycles. The number of halogens is 1. The minimum atomic E-state index is 0. The molecule has 0 unspecified atom stereocenters. The normalized spacial score (nSPS) is 10.6. The summed E-state index contributed by atoms with van der Waals surface area (Å²) in [4.78, 5) is 6.00. The predicted molar refractivity (Wildman–Crippen MR) is 105 cm³/mol. The molecule has 24 heavy (non-hydrogen) atoms. The molecule has 0 aliphatic heterocycles. The van der Waals surface area contributed by atoms with E-state index in [4.69, 9.17) is 4.98 Å². The average Bonchev–Trinajstić information content (AvgIpc) is 3.18. The first kappa shape index (κ1) is 16.6. The van der Waals surface area contributed by atoms with Gasteiger partial charge >= 0.3 is 0 Å². The number of rotatable bonds is 3. The van der Waals surface area contributed by atoms with E-state index < -0.39 is 0 Å². The molecule has 1 N–H and O–H groups in total. The number of pyridine rings is 1. The number of anilines is 2. The summed E-state index contributed by atoms with van der Waals surface area (Å²) in [5.41, 5.74) is 5.48. The molecule has 3 aromatic heterocycles. The molecule has 4 rings (SSSR count). The maximum absolute atomic E-state index is 4.83. The van der Waals surface area contributed by atoms with Crippen LogP contribution in [-0.2, 0) is 0 Å². The van der Waals surface area contributed by atoms with E-state index in [0.29, 0.717) is 0 Å². The van der Waals surface area contributed by atoms with Crippen molar-refractivity contribution in [1.29, 1.82) is 0 Å². The summed E-state index contributed by atoms with van der Waals surface area (Å²) in [7, 11) is 0. The van der Waals surface area contributed by atoms with Gasteiger partial charge in [-0.25, -0.2) is 4.98 Å². The van der Waals surface area contributed by atoms with E-state index in [2.05, 4.69) is 83.7 Å². The summed E-state index contributed by atoms with van der Waals surface area (Å²) < 4.78 is 2.14. The maximum Gasteiger partial charge on any atom is 0.144 e. The number of thiophene rings is 1. The van der Waals surface area contributed by atoms with E-state index in [-0.39, 0.29) is 12.4 Å². The number of hydrogen-bond donors (Lipinski definition) is 1. The number of aryl methyl sites for hydroxylation is 2. The Labute approximate surface area is 151 Å². The molecule has 0 spiro atoms. The second-order valence-corrected chi connectivity index (χ2v) is 6.61. The third kappa shape index (κ3) is 2.90. The molecule has 0 aliphatic carbocycles. The molecule has 0 bridgehead atoms. The SMILES string of the molecule is Cc1ccc2nc(-c3cccs3)c(Nc3ccccc3C)n2c1.Cl. The van der Waals surface area contributed by atoms with Crippen molar-refractivity contribution in [3.8, 4) is 10.6 Å². The van der Waals surface area contributed by atoms with Gasteiger partial charge in [0.25, 0.3) is 0 Å². The number of fused-ring (bicyclic) bond motifs is 1. The Hall–Kier alpha value is -2.30. The van der Waals surface area contributed by atoms with Crippen LogP contribution < -0.4 is 5.32 Å². The Morgan fingerprint density at radius 2 is 1.83 bits per heavy atom. The summed E-state index contributed by atoms with van der Waals surface area (Å²) in [5, 5.41) is 5.67. The van der Waals surface area contributed by atoms with E-state index in [1.807, 2.05) is 0 Å². The highest BCUT2D eigenvalue weighted by atomic mass is 35.5. The molecule has 5 heteroatoms. The van der Waals surface area contributed by atoms with Crippen LogP contribution in [0, 0.1) is 13.8 Å². The first-order valence-corrected chi connectivity index (χ1v) is 8.45. The molecule has 0 aliphatic rings. The minimum Gasteiger partial charge on any atom is -0.339 e. The molecule has 1 aromatic carbocycles. The molecule has 4 aromatic rings. The number of benzene rings is 1. The largest absolute Gasteiger partial charge is 0.339 e. The monoisotopic (exact) mass is 355 g/mol. The lowest BCUT2D eigenvalue weighted by molar-refractivity contribution is 1.15. The summed E-state index contributed by atoms with van der Waals surface area (Å²) in [6, 6.07) is 16.7. The van der Waals surface area contributed by atoms with Crippen LogP contribution in [0.25, 0.3) is 16.2 Å². The first-order valence-electron chi connectivity index (χ1n) is 7.57. The van der Waals surface area contributed by atoms with Crippen LogP contribution >= 0.6 is 23.7 Å². The second kappa shape index (κ2) is 6.67. The van der Waals surface area contributed by atoms with Gasteiger partial charge in [0.2, 0.25) is 0 Å². The Morgan fingerprint density at radius 1 is 1.00 bits per heavy atom. The van der Waals surface area contributed by atoms with E-state index in [1.165, 1.54) is 16.0 Å². The van der Waals surface area contributed by atoms with Crippen molar-refractivity contribution < 1.29 is 0 Å². The smallest absolute Gasteiger partial charge is 0.144 e. The highest BCUT2D eigenvalue weighted by Gasteiger charge is 2.15. The molecule has 0 saturated carbocycles. The van der Waals surface area contributed by atoms with Crippen molar-refractivity contribution in [2.75, 3.05) is 5.32 Å². The van der Waals surface area contributed by atoms with Gasteiger partial charge in [0.1, 0.15) is 17.2 Å². The Balaban J connectivity index is 0.00000169. The Kier molecular flexibility index (Phi) is 4.60. The van der Waals surface area contributed by atoms with Crippen LogP contribution in [0.4, 0.5) is 11.5 Å². The lowest BCUT2D eigenvalue weighted by Crippen LogP contribution is -1.98. The number of imidazole rings is 1. The van der Waals surface area contributed by atoms with Crippen LogP contribution in [-0.4, -0.2) is 9.38 Å². The van der Waals surface area contributed by atoms with Gasteiger partial charge in [0, 0.05) is 11.9 Å². The molecule has 0 fully saturated rings. The highest BCUT2D eigenvalue weighted by molar-refractivity contribution is 7.13. The summed E-state index contributed by atoms with van der Waals surface area (Å²) in [6.07, 6.45) is 2.13. The Bertz CT molecular complexity index is 974. The van der Waals surface area contributed by atoms with Gasteiger partial charge < -0.3 is 5.32 Å². The van der Waals surface area contributed by atoms with Crippen molar-refractivity contribution >= 4 is 40.9 Å².